The van der Waals surface area contributed by atoms with E-state index in [1.54, 1.807) is 11.3 Å². The first-order chi connectivity index (χ1) is 13.5. The van der Waals surface area contributed by atoms with E-state index in [2.05, 4.69) is 41.6 Å². The lowest BCUT2D eigenvalue weighted by atomic mass is 10.1. The minimum absolute atomic E-state index is 0.579. The number of nitrogens with zero attached hydrogens (tertiary/aromatic N) is 4. The Bertz CT molecular complexity index is 957. The maximum Gasteiger partial charge on any atom is 0.191 e. The highest BCUT2D eigenvalue weighted by atomic mass is 32.1. The maximum absolute atomic E-state index is 4.80. The van der Waals surface area contributed by atoms with Crippen LogP contribution in [0.15, 0.2) is 35.3 Å². The van der Waals surface area contributed by atoms with Gasteiger partial charge < -0.3 is 15.5 Å². The average molecular weight is 397 g/mol. The number of pyridine rings is 1. The third kappa shape index (κ3) is 4.78. The molecule has 0 spiro atoms. The average Bonchev–Trinajstić information content (AvgIpc) is 3.01. The van der Waals surface area contributed by atoms with Crippen molar-refractivity contribution < 1.29 is 0 Å². The number of aliphatic imine (C=N–C) groups is 1. The fourth-order valence-corrected chi connectivity index (χ4v) is 3.75. The molecule has 2 aromatic heterocycles. The van der Waals surface area contributed by atoms with Crippen molar-refractivity contribution in [3.05, 3.63) is 51.5 Å². The topological polar surface area (TPSA) is 65.4 Å². The van der Waals surface area contributed by atoms with E-state index in [4.69, 9.17) is 9.98 Å². The third-order valence-corrected chi connectivity index (χ3v) is 5.55. The minimum atomic E-state index is 0.579. The zero-order chi connectivity index (χ0) is 20.1. The van der Waals surface area contributed by atoms with Gasteiger partial charge >= 0.3 is 0 Å². The predicted molar refractivity (Wildman–Crippen MR) is 119 cm³/mol. The van der Waals surface area contributed by atoms with E-state index in [9.17, 15) is 0 Å². The van der Waals surface area contributed by atoms with E-state index in [1.807, 2.05) is 44.1 Å². The molecule has 0 amide bonds. The smallest absolute Gasteiger partial charge is 0.191 e. The monoisotopic (exact) mass is 396 g/mol. The second-order valence-electron chi connectivity index (χ2n) is 6.85. The largest absolute Gasteiger partial charge is 0.363 e. The summed E-state index contributed by atoms with van der Waals surface area (Å²) < 4.78 is 0. The molecular weight excluding hydrogens is 368 g/mol. The lowest BCUT2D eigenvalue weighted by molar-refractivity contribution is 0.810. The quantitative estimate of drug-likeness (QED) is 0.492. The number of aryl methyl sites for hydroxylation is 2. The molecule has 0 radical (unpaired) electrons. The molecule has 0 aliphatic heterocycles. The van der Waals surface area contributed by atoms with Gasteiger partial charge in [-0.25, -0.2) is 15.0 Å². The SMILES string of the molecule is CCNC(=NCc1cc(N(C)C)nc2ccccc12)NCc1nc(C)c(C)s1. The lowest BCUT2D eigenvalue weighted by Crippen LogP contribution is -2.36. The molecule has 0 saturated heterocycles. The standard InChI is InChI=1S/C21H28N6S/c1-6-22-21(24-13-20-25-14(2)15(3)28-20)23-12-16-11-19(27(4)5)26-18-10-8-7-9-17(16)18/h7-11H,6,12-13H2,1-5H3,(H2,22,23,24). The van der Waals surface area contributed by atoms with Crippen LogP contribution in [0.25, 0.3) is 10.9 Å². The first-order valence-electron chi connectivity index (χ1n) is 9.49. The molecule has 2 heterocycles. The summed E-state index contributed by atoms with van der Waals surface area (Å²) in [5.41, 5.74) is 3.25. The van der Waals surface area contributed by atoms with Crippen molar-refractivity contribution in [2.24, 2.45) is 4.99 Å². The minimum Gasteiger partial charge on any atom is -0.363 e. The first-order valence-corrected chi connectivity index (χ1v) is 10.3. The Morgan fingerprint density at radius 2 is 1.93 bits per heavy atom. The maximum atomic E-state index is 4.80. The van der Waals surface area contributed by atoms with Gasteiger partial charge in [-0.3, -0.25) is 0 Å². The molecule has 7 heteroatoms. The number of guanidine groups is 1. The summed E-state index contributed by atoms with van der Waals surface area (Å²) in [6, 6.07) is 10.3. The molecule has 0 unspecified atom stereocenters. The highest BCUT2D eigenvalue weighted by Crippen LogP contribution is 2.22. The van der Waals surface area contributed by atoms with Crippen LogP contribution in [0, 0.1) is 13.8 Å². The van der Waals surface area contributed by atoms with E-state index < -0.39 is 0 Å². The molecule has 0 saturated carbocycles. The summed E-state index contributed by atoms with van der Waals surface area (Å²) in [6.45, 7) is 8.28. The van der Waals surface area contributed by atoms with Crippen molar-refractivity contribution in [2.45, 2.75) is 33.9 Å². The van der Waals surface area contributed by atoms with Crippen LogP contribution in [0.1, 0.15) is 28.1 Å². The second kappa shape index (κ2) is 9.01. The van der Waals surface area contributed by atoms with Crippen LogP contribution in [-0.2, 0) is 13.1 Å². The number of rotatable bonds is 6. The van der Waals surface area contributed by atoms with Gasteiger partial charge in [0.25, 0.3) is 0 Å². The summed E-state index contributed by atoms with van der Waals surface area (Å²) in [7, 11) is 4.02. The van der Waals surface area contributed by atoms with E-state index in [0.29, 0.717) is 13.1 Å². The summed E-state index contributed by atoms with van der Waals surface area (Å²) in [5, 5.41) is 8.93. The molecule has 1 aromatic carbocycles. The van der Waals surface area contributed by atoms with E-state index >= 15 is 0 Å². The molecule has 148 valence electrons. The molecule has 0 aliphatic carbocycles. The molecule has 3 aromatic rings. The van der Waals surface area contributed by atoms with Gasteiger partial charge in [-0.2, -0.15) is 0 Å². The number of thiazole rings is 1. The molecule has 3 rings (SSSR count). The van der Waals surface area contributed by atoms with Crippen LogP contribution in [-0.4, -0.2) is 36.6 Å². The Balaban J connectivity index is 1.82. The highest BCUT2D eigenvalue weighted by molar-refractivity contribution is 7.11. The van der Waals surface area contributed by atoms with Crippen molar-refractivity contribution >= 4 is 34.0 Å². The molecule has 0 bridgehead atoms. The Kier molecular flexibility index (Phi) is 6.46. The number of hydrogen-bond donors (Lipinski definition) is 2. The van der Waals surface area contributed by atoms with Crippen LogP contribution in [0.2, 0.25) is 0 Å². The van der Waals surface area contributed by atoms with E-state index in [0.717, 1.165) is 45.5 Å². The molecule has 6 nitrogen and oxygen atoms in total. The number of anilines is 1. The van der Waals surface area contributed by atoms with Crippen LogP contribution in [0.5, 0.6) is 0 Å². The van der Waals surface area contributed by atoms with Crippen LogP contribution < -0.4 is 15.5 Å². The van der Waals surface area contributed by atoms with Gasteiger partial charge in [0.1, 0.15) is 10.8 Å². The number of fused-ring (bicyclic) bond motifs is 1. The number of para-hydroxylation sites is 1. The van der Waals surface area contributed by atoms with Gasteiger partial charge in [0.2, 0.25) is 0 Å². The van der Waals surface area contributed by atoms with E-state index in [-0.39, 0.29) is 0 Å². The fourth-order valence-electron chi connectivity index (χ4n) is 2.87. The summed E-state index contributed by atoms with van der Waals surface area (Å²) in [4.78, 5) is 17.4. The number of nitrogens with one attached hydrogen (secondary N) is 2. The predicted octanol–water partition coefficient (Wildman–Crippen LogP) is 3.63. The van der Waals surface area contributed by atoms with Gasteiger partial charge in [0.15, 0.2) is 5.96 Å². The number of benzene rings is 1. The van der Waals surface area contributed by atoms with Crippen molar-refractivity contribution in [3.8, 4) is 0 Å². The van der Waals surface area contributed by atoms with Crippen molar-refractivity contribution in [2.75, 3.05) is 25.5 Å². The summed E-state index contributed by atoms with van der Waals surface area (Å²) in [5.74, 6) is 1.73. The van der Waals surface area contributed by atoms with Gasteiger partial charge in [-0.15, -0.1) is 11.3 Å². The zero-order valence-corrected chi connectivity index (χ0v) is 18.0. The fraction of sp³-hybridized carbons (Fsp3) is 0.381. The molecule has 0 fully saturated rings. The molecule has 28 heavy (non-hydrogen) atoms. The van der Waals surface area contributed by atoms with Gasteiger partial charge in [-0.1, -0.05) is 18.2 Å². The molecule has 2 N–H and O–H groups in total. The Hall–Kier alpha value is -2.67. The van der Waals surface area contributed by atoms with Crippen LogP contribution in [0.4, 0.5) is 5.82 Å². The first kappa shape index (κ1) is 20.1. The Morgan fingerprint density at radius 1 is 1.14 bits per heavy atom. The van der Waals surface area contributed by atoms with E-state index in [1.165, 1.54) is 4.88 Å². The Morgan fingerprint density at radius 3 is 2.61 bits per heavy atom. The number of hydrogen-bond acceptors (Lipinski definition) is 5. The summed E-state index contributed by atoms with van der Waals surface area (Å²) >= 11 is 1.73. The molecule has 0 aliphatic rings. The summed E-state index contributed by atoms with van der Waals surface area (Å²) in [6.07, 6.45) is 0. The zero-order valence-electron chi connectivity index (χ0n) is 17.2. The van der Waals surface area contributed by atoms with Gasteiger partial charge in [-0.05, 0) is 38.5 Å². The molecular formula is C21H28N6S. The van der Waals surface area contributed by atoms with Crippen molar-refractivity contribution in [3.63, 3.8) is 0 Å². The second-order valence-corrected chi connectivity index (χ2v) is 8.14. The Labute approximate surface area is 170 Å². The van der Waals surface area contributed by atoms with Gasteiger partial charge in [0, 0.05) is 30.9 Å². The normalized spacial score (nSPS) is 11.7. The van der Waals surface area contributed by atoms with Crippen molar-refractivity contribution in [1.82, 2.24) is 20.6 Å². The highest BCUT2D eigenvalue weighted by Gasteiger charge is 2.08. The third-order valence-electron chi connectivity index (χ3n) is 4.48. The lowest BCUT2D eigenvalue weighted by Gasteiger charge is -2.15. The van der Waals surface area contributed by atoms with Crippen molar-refractivity contribution in [1.29, 1.82) is 0 Å². The number of aromatic nitrogens is 2. The van der Waals surface area contributed by atoms with Crippen LogP contribution >= 0.6 is 11.3 Å². The molecule has 0 atom stereocenters. The van der Waals surface area contributed by atoms with Gasteiger partial charge in [0.05, 0.1) is 24.3 Å². The van der Waals surface area contributed by atoms with Crippen LogP contribution in [0.3, 0.4) is 0 Å².